The summed E-state index contributed by atoms with van der Waals surface area (Å²) in [6, 6.07) is 6.02. The Morgan fingerprint density at radius 2 is 2.37 bits per heavy atom. The summed E-state index contributed by atoms with van der Waals surface area (Å²) in [4.78, 5) is 11.3. The van der Waals surface area contributed by atoms with Crippen LogP contribution < -0.4 is 5.32 Å². The van der Waals surface area contributed by atoms with Crippen LogP contribution in [0.1, 0.15) is 42.2 Å². The minimum Gasteiger partial charge on any atom is -0.378 e. The number of anilines is 1. The average Bonchev–Trinajstić information content (AvgIpc) is 3.02. The molecule has 1 saturated heterocycles. The van der Waals surface area contributed by atoms with E-state index in [2.05, 4.69) is 11.4 Å². The minimum absolute atomic E-state index is 0.00482. The van der Waals surface area contributed by atoms with Gasteiger partial charge in [-0.15, -0.1) is 11.6 Å². The van der Waals surface area contributed by atoms with Gasteiger partial charge < -0.3 is 10.1 Å². The van der Waals surface area contributed by atoms with E-state index in [4.69, 9.17) is 16.3 Å². The quantitative estimate of drug-likeness (QED) is 0.858. The normalized spacial score (nSPS) is 23.2. The van der Waals surface area contributed by atoms with Gasteiger partial charge in [0.25, 0.3) is 0 Å². The van der Waals surface area contributed by atoms with Crippen LogP contribution in [0, 0.1) is 0 Å². The number of alkyl halides is 1. The lowest BCUT2D eigenvalue weighted by atomic mass is 10.0. The van der Waals surface area contributed by atoms with Gasteiger partial charge in [-0.25, -0.2) is 0 Å². The molecular formula is C15H18ClNO2. The Hall–Kier alpha value is -1.06. The molecule has 2 atom stereocenters. The van der Waals surface area contributed by atoms with Gasteiger partial charge in [0.05, 0.1) is 17.9 Å². The van der Waals surface area contributed by atoms with E-state index in [1.165, 1.54) is 6.42 Å². The third kappa shape index (κ3) is 2.93. The van der Waals surface area contributed by atoms with E-state index in [9.17, 15) is 4.79 Å². The Bertz CT molecular complexity index is 483. The topological polar surface area (TPSA) is 38.3 Å². The number of rotatable bonds is 4. The number of fused-ring (bicyclic) bond motifs is 1. The van der Waals surface area contributed by atoms with Crippen LogP contribution in [-0.2, 0) is 16.0 Å². The number of amides is 1. The number of hydrogen-bond donors (Lipinski definition) is 1. The second kappa shape index (κ2) is 5.51. The standard InChI is InChI=1S/C15H18ClNO2/c16-13(5-4-12-2-1-7-19-12)10-3-6-14-11(8-10)9-15(18)17-14/h3,6,8,12-13H,1-2,4-5,7,9H2,(H,17,18). The summed E-state index contributed by atoms with van der Waals surface area (Å²) in [7, 11) is 0. The van der Waals surface area contributed by atoms with Crippen molar-refractivity contribution in [1.29, 1.82) is 0 Å². The first-order valence-electron chi connectivity index (χ1n) is 6.91. The molecule has 0 radical (unpaired) electrons. The number of benzene rings is 1. The van der Waals surface area contributed by atoms with Crippen LogP contribution in [0.25, 0.3) is 0 Å². The Labute approximate surface area is 118 Å². The largest absolute Gasteiger partial charge is 0.378 e. The van der Waals surface area contributed by atoms with Crippen molar-refractivity contribution in [2.75, 3.05) is 11.9 Å². The summed E-state index contributed by atoms with van der Waals surface area (Å²) in [6.45, 7) is 0.893. The lowest BCUT2D eigenvalue weighted by molar-refractivity contribution is -0.115. The Balaban J connectivity index is 1.62. The van der Waals surface area contributed by atoms with E-state index in [1.807, 2.05) is 12.1 Å². The molecule has 2 aliphatic heterocycles. The highest BCUT2D eigenvalue weighted by Gasteiger charge is 2.21. The molecule has 1 amide bonds. The summed E-state index contributed by atoms with van der Waals surface area (Å²) in [5.74, 6) is 0.0672. The van der Waals surface area contributed by atoms with Gasteiger partial charge in [-0.3, -0.25) is 4.79 Å². The van der Waals surface area contributed by atoms with Crippen LogP contribution in [0.4, 0.5) is 5.69 Å². The highest BCUT2D eigenvalue weighted by molar-refractivity contribution is 6.20. The molecule has 1 N–H and O–H groups in total. The van der Waals surface area contributed by atoms with Crippen molar-refractivity contribution < 1.29 is 9.53 Å². The number of ether oxygens (including phenoxy) is 1. The molecule has 0 aliphatic carbocycles. The summed E-state index contributed by atoms with van der Waals surface area (Å²) in [6.07, 6.45) is 5.13. The molecule has 0 bridgehead atoms. The summed E-state index contributed by atoms with van der Waals surface area (Å²) >= 11 is 6.46. The first kappa shape index (κ1) is 12.9. The molecule has 0 spiro atoms. The molecule has 3 rings (SSSR count). The van der Waals surface area contributed by atoms with Crippen LogP contribution in [0.15, 0.2) is 18.2 Å². The zero-order chi connectivity index (χ0) is 13.2. The van der Waals surface area contributed by atoms with E-state index in [0.717, 1.165) is 42.7 Å². The molecule has 1 fully saturated rings. The van der Waals surface area contributed by atoms with E-state index < -0.39 is 0 Å². The molecule has 0 aromatic heterocycles. The molecular weight excluding hydrogens is 262 g/mol. The highest BCUT2D eigenvalue weighted by atomic mass is 35.5. The fourth-order valence-corrected chi connectivity index (χ4v) is 3.08. The number of nitrogens with one attached hydrogen (secondary N) is 1. The van der Waals surface area contributed by atoms with Crippen molar-refractivity contribution in [2.24, 2.45) is 0 Å². The fourth-order valence-electron chi connectivity index (χ4n) is 2.81. The van der Waals surface area contributed by atoms with E-state index >= 15 is 0 Å². The van der Waals surface area contributed by atoms with Gasteiger partial charge in [-0.2, -0.15) is 0 Å². The summed E-state index contributed by atoms with van der Waals surface area (Å²) in [5.41, 5.74) is 3.09. The molecule has 2 unspecified atom stereocenters. The van der Waals surface area contributed by atoms with E-state index in [-0.39, 0.29) is 11.3 Å². The van der Waals surface area contributed by atoms with Crippen molar-refractivity contribution in [1.82, 2.24) is 0 Å². The third-order valence-corrected chi connectivity index (χ3v) is 4.35. The summed E-state index contributed by atoms with van der Waals surface area (Å²) in [5, 5.41) is 2.84. The van der Waals surface area contributed by atoms with Crippen LogP contribution in [0.3, 0.4) is 0 Å². The van der Waals surface area contributed by atoms with E-state index in [0.29, 0.717) is 12.5 Å². The first-order valence-corrected chi connectivity index (χ1v) is 7.34. The average molecular weight is 280 g/mol. The SMILES string of the molecule is O=C1Cc2cc(C(Cl)CCC3CCCO3)ccc2N1. The molecule has 102 valence electrons. The molecule has 4 heteroatoms. The second-order valence-electron chi connectivity index (χ2n) is 5.32. The molecule has 2 aliphatic rings. The number of carbonyl (C=O) groups excluding carboxylic acids is 1. The van der Waals surface area contributed by atoms with Crippen molar-refractivity contribution in [3.05, 3.63) is 29.3 Å². The minimum atomic E-state index is 0.00482. The Morgan fingerprint density at radius 1 is 1.47 bits per heavy atom. The fraction of sp³-hybridized carbons (Fsp3) is 0.533. The maximum absolute atomic E-state index is 11.3. The Kier molecular flexibility index (Phi) is 3.76. The molecule has 3 nitrogen and oxygen atoms in total. The first-order chi connectivity index (χ1) is 9.22. The van der Waals surface area contributed by atoms with Gasteiger partial charge in [0.2, 0.25) is 5.91 Å². The number of carbonyl (C=O) groups is 1. The van der Waals surface area contributed by atoms with Gasteiger partial charge in [0.1, 0.15) is 0 Å². The number of halogens is 1. The van der Waals surface area contributed by atoms with Gasteiger partial charge in [-0.05, 0) is 42.9 Å². The van der Waals surface area contributed by atoms with Crippen molar-refractivity contribution in [3.63, 3.8) is 0 Å². The van der Waals surface area contributed by atoms with Crippen molar-refractivity contribution in [3.8, 4) is 0 Å². The van der Waals surface area contributed by atoms with Crippen LogP contribution >= 0.6 is 11.6 Å². The molecule has 1 aromatic carbocycles. The molecule has 19 heavy (non-hydrogen) atoms. The van der Waals surface area contributed by atoms with Crippen molar-refractivity contribution in [2.45, 2.75) is 43.6 Å². The number of hydrogen-bond acceptors (Lipinski definition) is 2. The van der Waals surface area contributed by atoms with Gasteiger partial charge in [-0.1, -0.05) is 12.1 Å². The predicted octanol–water partition coefficient (Wildman–Crippen LogP) is 3.42. The highest BCUT2D eigenvalue weighted by Crippen LogP contribution is 2.32. The third-order valence-electron chi connectivity index (χ3n) is 3.88. The lowest BCUT2D eigenvalue weighted by Crippen LogP contribution is -2.06. The van der Waals surface area contributed by atoms with Gasteiger partial charge in [0.15, 0.2) is 0 Å². The second-order valence-corrected chi connectivity index (χ2v) is 5.85. The van der Waals surface area contributed by atoms with Crippen molar-refractivity contribution >= 4 is 23.2 Å². The van der Waals surface area contributed by atoms with Gasteiger partial charge >= 0.3 is 0 Å². The molecule has 0 saturated carbocycles. The van der Waals surface area contributed by atoms with Crippen LogP contribution in [0.2, 0.25) is 0 Å². The zero-order valence-electron chi connectivity index (χ0n) is 10.8. The summed E-state index contributed by atoms with van der Waals surface area (Å²) < 4.78 is 5.61. The van der Waals surface area contributed by atoms with E-state index in [1.54, 1.807) is 0 Å². The van der Waals surface area contributed by atoms with Gasteiger partial charge in [0, 0.05) is 12.3 Å². The predicted molar refractivity (Wildman–Crippen MR) is 75.6 cm³/mol. The molecule has 2 heterocycles. The maximum Gasteiger partial charge on any atom is 0.228 e. The maximum atomic E-state index is 11.3. The smallest absolute Gasteiger partial charge is 0.228 e. The Morgan fingerprint density at radius 3 is 3.16 bits per heavy atom. The van der Waals surface area contributed by atoms with Crippen LogP contribution in [0.5, 0.6) is 0 Å². The zero-order valence-corrected chi connectivity index (χ0v) is 11.6. The monoisotopic (exact) mass is 279 g/mol. The molecule has 1 aromatic rings. The van der Waals surface area contributed by atoms with Crippen LogP contribution in [-0.4, -0.2) is 18.6 Å². The lowest BCUT2D eigenvalue weighted by Gasteiger charge is -2.14.